The Morgan fingerprint density at radius 3 is 2.78 bits per heavy atom. The maximum Gasteiger partial charge on any atom is 0.422 e. The molecular weight excluding hydrogens is 389 g/mol. The molecule has 0 radical (unpaired) electrons. The molecule has 2 amide bonds. The van der Waals surface area contributed by atoms with Gasteiger partial charge < -0.3 is 20.1 Å². The second-order valence-electron chi connectivity index (χ2n) is 5.55. The molecule has 3 rings (SSSR count). The molecule has 0 spiro atoms. The fourth-order valence-corrected chi connectivity index (χ4v) is 2.48. The van der Waals surface area contributed by atoms with Gasteiger partial charge in [0.2, 0.25) is 0 Å². The van der Waals surface area contributed by atoms with E-state index in [0.717, 1.165) is 0 Å². The minimum Gasteiger partial charge on any atom is -0.482 e. The van der Waals surface area contributed by atoms with Crippen molar-refractivity contribution in [1.29, 1.82) is 0 Å². The van der Waals surface area contributed by atoms with Crippen LogP contribution in [0.4, 0.5) is 24.5 Å². The van der Waals surface area contributed by atoms with Crippen LogP contribution in [0, 0.1) is 0 Å². The highest BCUT2D eigenvalue weighted by Gasteiger charge is 2.29. The van der Waals surface area contributed by atoms with Crippen molar-refractivity contribution in [2.45, 2.75) is 6.18 Å². The van der Waals surface area contributed by atoms with E-state index in [1.165, 1.54) is 36.4 Å². The SMILES string of the molecule is O=C1COc2ccc(C(=O)Nc3cc(Cl)ccc3OCC(F)(F)F)cc2N1. The lowest BCUT2D eigenvalue weighted by molar-refractivity contribution is -0.153. The van der Waals surface area contributed by atoms with Gasteiger partial charge in [0.25, 0.3) is 11.8 Å². The molecular formula is C17H12ClF3N2O4. The molecule has 0 aromatic heterocycles. The zero-order valence-corrected chi connectivity index (χ0v) is 14.3. The van der Waals surface area contributed by atoms with E-state index in [1.807, 2.05) is 0 Å². The molecule has 2 aromatic rings. The molecule has 0 fully saturated rings. The summed E-state index contributed by atoms with van der Waals surface area (Å²) < 4.78 is 47.1. The summed E-state index contributed by atoms with van der Waals surface area (Å²) in [6.07, 6.45) is -4.53. The molecule has 2 aromatic carbocycles. The van der Waals surface area contributed by atoms with Crippen LogP contribution in [0.25, 0.3) is 0 Å². The van der Waals surface area contributed by atoms with Crippen LogP contribution >= 0.6 is 11.6 Å². The minimum absolute atomic E-state index is 0.0187. The van der Waals surface area contributed by atoms with Gasteiger partial charge in [0.1, 0.15) is 11.5 Å². The van der Waals surface area contributed by atoms with Crippen LogP contribution in [0.5, 0.6) is 11.5 Å². The number of nitrogens with one attached hydrogen (secondary N) is 2. The van der Waals surface area contributed by atoms with E-state index in [-0.39, 0.29) is 34.5 Å². The molecule has 0 saturated heterocycles. The Morgan fingerprint density at radius 2 is 2.04 bits per heavy atom. The molecule has 0 aliphatic carbocycles. The first-order valence-electron chi connectivity index (χ1n) is 7.58. The maximum absolute atomic E-state index is 12.5. The number of anilines is 2. The zero-order valence-electron chi connectivity index (χ0n) is 13.5. The lowest BCUT2D eigenvalue weighted by Gasteiger charge is -2.18. The highest BCUT2D eigenvalue weighted by Crippen LogP contribution is 2.32. The number of benzene rings is 2. The van der Waals surface area contributed by atoms with Gasteiger partial charge in [0, 0.05) is 10.6 Å². The number of hydrogen-bond acceptors (Lipinski definition) is 4. The molecule has 142 valence electrons. The lowest BCUT2D eigenvalue weighted by Crippen LogP contribution is -2.25. The first kappa shape index (κ1) is 18.8. The average Bonchev–Trinajstić information content (AvgIpc) is 2.59. The van der Waals surface area contributed by atoms with Crippen LogP contribution in [0.1, 0.15) is 10.4 Å². The Kier molecular flexibility index (Phi) is 5.13. The number of halogens is 4. The normalized spacial score (nSPS) is 13.3. The van der Waals surface area contributed by atoms with Gasteiger partial charge in [0.15, 0.2) is 13.2 Å². The van der Waals surface area contributed by atoms with E-state index in [4.69, 9.17) is 21.1 Å². The topological polar surface area (TPSA) is 76.7 Å². The molecule has 2 N–H and O–H groups in total. The van der Waals surface area contributed by atoms with Crippen molar-refractivity contribution < 1.29 is 32.2 Å². The third-order valence-electron chi connectivity index (χ3n) is 3.46. The largest absolute Gasteiger partial charge is 0.482 e. The smallest absolute Gasteiger partial charge is 0.422 e. The fraction of sp³-hybridized carbons (Fsp3) is 0.176. The van der Waals surface area contributed by atoms with Crippen LogP contribution < -0.4 is 20.1 Å². The van der Waals surface area contributed by atoms with Crippen LogP contribution in [-0.4, -0.2) is 31.2 Å². The van der Waals surface area contributed by atoms with Crippen LogP contribution in [-0.2, 0) is 4.79 Å². The first-order chi connectivity index (χ1) is 12.7. The van der Waals surface area contributed by atoms with Gasteiger partial charge in [-0.1, -0.05) is 11.6 Å². The molecule has 0 saturated carbocycles. The van der Waals surface area contributed by atoms with Crippen molar-refractivity contribution >= 4 is 34.8 Å². The third-order valence-corrected chi connectivity index (χ3v) is 3.69. The molecule has 27 heavy (non-hydrogen) atoms. The molecule has 6 nitrogen and oxygen atoms in total. The third kappa shape index (κ3) is 4.82. The molecule has 0 unspecified atom stereocenters. The predicted octanol–water partition coefficient (Wildman–Crippen LogP) is 3.86. The minimum atomic E-state index is -4.53. The molecule has 1 aliphatic rings. The number of rotatable bonds is 4. The fourth-order valence-electron chi connectivity index (χ4n) is 2.30. The summed E-state index contributed by atoms with van der Waals surface area (Å²) >= 11 is 5.85. The summed E-state index contributed by atoms with van der Waals surface area (Å²) in [6.45, 7) is -1.64. The second-order valence-corrected chi connectivity index (χ2v) is 5.98. The number of alkyl halides is 3. The summed E-state index contributed by atoms with van der Waals surface area (Å²) in [6, 6.07) is 8.19. The van der Waals surface area contributed by atoms with Crippen LogP contribution in [0.3, 0.4) is 0 Å². The van der Waals surface area contributed by atoms with Gasteiger partial charge in [-0.15, -0.1) is 0 Å². The van der Waals surface area contributed by atoms with Crippen molar-refractivity contribution in [2.24, 2.45) is 0 Å². The van der Waals surface area contributed by atoms with Crippen molar-refractivity contribution in [3.63, 3.8) is 0 Å². The number of ether oxygens (including phenoxy) is 2. The molecule has 0 bridgehead atoms. The number of amides is 2. The number of hydrogen-bond donors (Lipinski definition) is 2. The van der Waals surface area contributed by atoms with Crippen molar-refractivity contribution in [3.8, 4) is 11.5 Å². The van der Waals surface area contributed by atoms with Crippen LogP contribution in [0.2, 0.25) is 5.02 Å². The number of carbonyl (C=O) groups excluding carboxylic acids is 2. The van der Waals surface area contributed by atoms with Crippen molar-refractivity contribution in [3.05, 3.63) is 47.0 Å². The van der Waals surface area contributed by atoms with Gasteiger partial charge >= 0.3 is 6.18 Å². The van der Waals surface area contributed by atoms with E-state index < -0.39 is 18.7 Å². The van der Waals surface area contributed by atoms with E-state index in [9.17, 15) is 22.8 Å². The zero-order chi connectivity index (χ0) is 19.6. The Balaban J connectivity index is 1.80. The quantitative estimate of drug-likeness (QED) is 0.817. The summed E-state index contributed by atoms with van der Waals surface area (Å²) in [4.78, 5) is 23.8. The molecule has 0 atom stereocenters. The van der Waals surface area contributed by atoms with E-state index in [1.54, 1.807) is 0 Å². The Bertz CT molecular complexity index is 902. The molecule has 1 heterocycles. The van der Waals surface area contributed by atoms with Gasteiger partial charge in [0.05, 0.1) is 11.4 Å². The van der Waals surface area contributed by atoms with E-state index in [0.29, 0.717) is 11.4 Å². The Hall–Kier alpha value is -2.94. The standard InChI is InChI=1S/C17H12ClF3N2O4/c18-10-2-4-14(27-8-17(19,20)21)12(6-10)23-16(25)9-1-3-13-11(5-9)22-15(24)7-26-13/h1-6H,7-8H2,(H,22,24)(H,23,25). The van der Waals surface area contributed by atoms with Crippen molar-refractivity contribution in [2.75, 3.05) is 23.8 Å². The number of carbonyl (C=O) groups is 2. The second kappa shape index (κ2) is 7.36. The van der Waals surface area contributed by atoms with E-state index >= 15 is 0 Å². The van der Waals surface area contributed by atoms with Gasteiger partial charge in [-0.3, -0.25) is 9.59 Å². The predicted molar refractivity (Wildman–Crippen MR) is 91.5 cm³/mol. The Morgan fingerprint density at radius 1 is 1.26 bits per heavy atom. The van der Waals surface area contributed by atoms with Gasteiger partial charge in [-0.05, 0) is 36.4 Å². The highest BCUT2D eigenvalue weighted by atomic mass is 35.5. The highest BCUT2D eigenvalue weighted by molar-refractivity contribution is 6.31. The average molecular weight is 401 g/mol. The summed E-state index contributed by atoms with van der Waals surface area (Å²) in [7, 11) is 0. The first-order valence-corrected chi connectivity index (χ1v) is 7.96. The summed E-state index contributed by atoms with van der Waals surface area (Å²) in [5, 5.41) is 5.22. The monoisotopic (exact) mass is 400 g/mol. The summed E-state index contributed by atoms with van der Waals surface area (Å²) in [5.41, 5.74) is 0.453. The van der Waals surface area contributed by atoms with Crippen LogP contribution in [0.15, 0.2) is 36.4 Å². The molecule has 10 heteroatoms. The summed E-state index contributed by atoms with van der Waals surface area (Å²) in [5.74, 6) is -0.766. The lowest BCUT2D eigenvalue weighted by atomic mass is 10.1. The van der Waals surface area contributed by atoms with E-state index in [2.05, 4.69) is 10.6 Å². The molecule has 1 aliphatic heterocycles. The number of fused-ring (bicyclic) bond motifs is 1. The van der Waals surface area contributed by atoms with Gasteiger partial charge in [-0.2, -0.15) is 13.2 Å². The maximum atomic E-state index is 12.5. The van der Waals surface area contributed by atoms with Gasteiger partial charge in [-0.25, -0.2) is 0 Å². The van der Waals surface area contributed by atoms with Crippen molar-refractivity contribution in [1.82, 2.24) is 0 Å². The Labute approximate surface area is 156 Å².